The molecule has 2 aliphatic rings. The second kappa shape index (κ2) is 6.97. The number of amides is 1. The van der Waals surface area contributed by atoms with Crippen LogP contribution in [0.15, 0.2) is 0 Å². The Morgan fingerprint density at radius 1 is 1.29 bits per heavy atom. The topological polar surface area (TPSA) is 58.8 Å². The molecule has 1 unspecified atom stereocenters. The van der Waals surface area contributed by atoms with E-state index in [2.05, 4.69) is 4.90 Å². The number of rotatable bonds is 5. The Kier molecular flexibility index (Phi) is 5.49. The Morgan fingerprint density at radius 2 is 2.00 bits per heavy atom. The Hall–Kier alpha value is -0.810. The smallest absolute Gasteiger partial charge is 0.410 e. The van der Waals surface area contributed by atoms with E-state index in [1.165, 1.54) is 12.8 Å². The number of hydrogen-bond acceptors (Lipinski definition) is 4. The SMILES string of the molecule is CC(C)(C)OC(=O)N(CC1CCCCN1CCN)C1CC1. The van der Waals surface area contributed by atoms with Crippen molar-refractivity contribution in [1.82, 2.24) is 9.80 Å². The van der Waals surface area contributed by atoms with Gasteiger partial charge >= 0.3 is 6.09 Å². The maximum Gasteiger partial charge on any atom is 0.410 e. The van der Waals surface area contributed by atoms with Gasteiger partial charge in [-0.05, 0) is 53.0 Å². The number of ether oxygens (including phenoxy) is 1. The summed E-state index contributed by atoms with van der Waals surface area (Å²) in [5, 5.41) is 0. The summed E-state index contributed by atoms with van der Waals surface area (Å²) in [6.07, 6.45) is 5.73. The summed E-state index contributed by atoms with van der Waals surface area (Å²) in [7, 11) is 0. The summed E-state index contributed by atoms with van der Waals surface area (Å²) < 4.78 is 5.58. The molecule has 2 fully saturated rings. The first-order valence-corrected chi connectivity index (χ1v) is 8.34. The maximum absolute atomic E-state index is 12.4. The number of nitrogens with two attached hydrogens (primary N) is 1. The zero-order valence-corrected chi connectivity index (χ0v) is 13.8. The number of carbonyl (C=O) groups excluding carboxylic acids is 1. The molecule has 1 aliphatic carbocycles. The predicted octanol–water partition coefficient (Wildman–Crippen LogP) is 2.20. The molecule has 2 rings (SSSR count). The molecule has 21 heavy (non-hydrogen) atoms. The van der Waals surface area contributed by atoms with Crippen LogP contribution in [0, 0.1) is 0 Å². The molecule has 0 spiro atoms. The van der Waals surface area contributed by atoms with Gasteiger partial charge in [-0.2, -0.15) is 0 Å². The van der Waals surface area contributed by atoms with Crippen LogP contribution < -0.4 is 5.73 Å². The van der Waals surface area contributed by atoms with Crippen LogP contribution in [0.2, 0.25) is 0 Å². The highest BCUT2D eigenvalue weighted by atomic mass is 16.6. The van der Waals surface area contributed by atoms with Gasteiger partial charge in [0, 0.05) is 31.7 Å². The van der Waals surface area contributed by atoms with Crippen molar-refractivity contribution in [2.45, 2.75) is 70.6 Å². The van der Waals surface area contributed by atoms with Crippen molar-refractivity contribution in [3.63, 3.8) is 0 Å². The van der Waals surface area contributed by atoms with Crippen LogP contribution in [0.1, 0.15) is 52.9 Å². The van der Waals surface area contributed by atoms with Crippen LogP contribution in [-0.4, -0.2) is 59.8 Å². The Labute approximate surface area is 128 Å². The minimum atomic E-state index is -0.423. The van der Waals surface area contributed by atoms with Crippen molar-refractivity contribution in [2.75, 3.05) is 26.2 Å². The van der Waals surface area contributed by atoms with E-state index in [4.69, 9.17) is 10.5 Å². The fourth-order valence-electron chi connectivity index (χ4n) is 3.03. The molecule has 5 nitrogen and oxygen atoms in total. The standard InChI is InChI=1S/C16H31N3O2/c1-16(2,3)21-15(20)19(13-7-8-13)12-14-6-4-5-10-18(14)11-9-17/h13-14H,4-12,17H2,1-3H3. The van der Waals surface area contributed by atoms with Gasteiger partial charge in [0.1, 0.15) is 5.60 Å². The van der Waals surface area contributed by atoms with Crippen molar-refractivity contribution in [1.29, 1.82) is 0 Å². The van der Waals surface area contributed by atoms with E-state index in [0.29, 0.717) is 18.6 Å². The largest absolute Gasteiger partial charge is 0.444 e. The Bertz CT molecular complexity index is 348. The monoisotopic (exact) mass is 297 g/mol. The van der Waals surface area contributed by atoms with Gasteiger partial charge in [-0.3, -0.25) is 4.90 Å². The third-order valence-corrected chi connectivity index (χ3v) is 4.19. The molecule has 1 amide bonds. The molecule has 1 aliphatic heterocycles. The summed E-state index contributed by atoms with van der Waals surface area (Å²) in [5.74, 6) is 0. The van der Waals surface area contributed by atoms with Crippen LogP contribution in [0.4, 0.5) is 4.79 Å². The second-order valence-corrected chi connectivity index (χ2v) is 7.34. The minimum absolute atomic E-state index is 0.150. The molecule has 1 heterocycles. The van der Waals surface area contributed by atoms with Crippen LogP contribution in [0.5, 0.6) is 0 Å². The van der Waals surface area contributed by atoms with Crippen molar-refractivity contribution in [3.8, 4) is 0 Å². The zero-order chi connectivity index (χ0) is 15.5. The predicted molar refractivity (Wildman–Crippen MR) is 84.2 cm³/mol. The van der Waals surface area contributed by atoms with Gasteiger partial charge in [0.05, 0.1) is 0 Å². The van der Waals surface area contributed by atoms with E-state index in [9.17, 15) is 4.79 Å². The molecule has 122 valence electrons. The number of piperidine rings is 1. The summed E-state index contributed by atoms with van der Waals surface area (Å²) >= 11 is 0. The lowest BCUT2D eigenvalue weighted by Gasteiger charge is -2.39. The number of likely N-dealkylation sites (tertiary alicyclic amines) is 1. The minimum Gasteiger partial charge on any atom is -0.444 e. The van der Waals surface area contributed by atoms with E-state index < -0.39 is 5.60 Å². The zero-order valence-electron chi connectivity index (χ0n) is 13.8. The van der Waals surface area contributed by atoms with Crippen molar-refractivity contribution < 1.29 is 9.53 Å². The molecular formula is C16H31N3O2. The molecular weight excluding hydrogens is 266 g/mol. The number of hydrogen-bond donors (Lipinski definition) is 1. The second-order valence-electron chi connectivity index (χ2n) is 7.34. The molecule has 0 aromatic heterocycles. The van der Waals surface area contributed by atoms with E-state index in [-0.39, 0.29) is 6.09 Å². The number of carbonyl (C=O) groups is 1. The average Bonchev–Trinajstić information content (AvgIpc) is 3.20. The molecule has 0 bridgehead atoms. The third kappa shape index (κ3) is 5.15. The quantitative estimate of drug-likeness (QED) is 0.845. The first-order valence-electron chi connectivity index (χ1n) is 8.34. The summed E-state index contributed by atoms with van der Waals surface area (Å²) in [6.45, 7) is 9.30. The summed E-state index contributed by atoms with van der Waals surface area (Å²) in [6, 6.07) is 0.830. The lowest BCUT2D eigenvalue weighted by atomic mass is 10.0. The Morgan fingerprint density at radius 3 is 2.57 bits per heavy atom. The van der Waals surface area contributed by atoms with Gasteiger partial charge in [-0.25, -0.2) is 4.79 Å². The summed E-state index contributed by atoms with van der Waals surface area (Å²) in [4.78, 5) is 16.8. The van der Waals surface area contributed by atoms with E-state index >= 15 is 0 Å². The highest BCUT2D eigenvalue weighted by molar-refractivity contribution is 5.69. The average molecular weight is 297 g/mol. The highest BCUT2D eigenvalue weighted by Gasteiger charge is 2.37. The third-order valence-electron chi connectivity index (χ3n) is 4.19. The van der Waals surface area contributed by atoms with Crippen LogP contribution >= 0.6 is 0 Å². The van der Waals surface area contributed by atoms with Crippen molar-refractivity contribution in [3.05, 3.63) is 0 Å². The van der Waals surface area contributed by atoms with Crippen molar-refractivity contribution >= 4 is 6.09 Å². The molecule has 0 aromatic carbocycles. The lowest BCUT2D eigenvalue weighted by molar-refractivity contribution is 0.0142. The molecule has 0 radical (unpaired) electrons. The number of nitrogens with zero attached hydrogens (tertiary/aromatic N) is 2. The van der Waals surface area contributed by atoms with E-state index in [0.717, 1.165) is 38.9 Å². The first-order chi connectivity index (χ1) is 9.90. The maximum atomic E-state index is 12.4. The normalized spacial score (nSPS) is 23.9. The van der Waals surface area contributed by atoms with E-state index in [1.807, 2.05) is 25.7 Å². The van der Waals surface area contributed by atoms with Gasteiger partial charge in [-0.15, -0.1) is 0 Å². The fraction of sp³-hybridized carbons (Fsp3) is 0.938. The van der Waals surface area contributed by atoms with Gasteiger partial charge in [0.25, 0.3) is 0 Å². The molecule has 0 aromatic rings. The molecule has 2 N–H and O–H groups in total. The van der Waals surface area contributed by atoms with Crippen molar-refractivity contribution in [2.24, 2.45) is 5.73 Å². The Balaban J connectivity index is 1.96. The van der Waals surface area contributed by atoms with Gasteiger partial charge in [0.2, 0.25) is 0 Å². The molecule has 5 heteroatoms. The summed E-state index contributed by atoms with van der Waals surface area (Å²) in [5.41, 5.74) is 5.30. The first kappa shape index (κ1) is 16.6. The van der Waals surface area contributed by atoms with Gasteiger partial charge in [-0.1, -0.05) is 6.42 Å². The highest BCUT2D eigenvalue weighted by Crippen LogP contribution is 2.30. The van der Waals surface area contributed by atoms with Gasteiger partial charge in [0.15, 0.2) is 0 Å². The molecule has 1 atom stereocenters. The van der Waals surface area contributed by atoms with E-state index in [1.54, 1.807) is 0 Å². The van der Waals surface area contributed by atoms with Gasteiger partial charge < -0.3 is 15.4 Å². The fourth-order valence-corrected chi connectivity index (χ4v) is 3.03. The molecule has 1 saturated carbocycles. The van der Waals surface area contributed by atoms with Crippen LogP contribution in [-0.2, 0) is 4.74 Å². The van der Waals surface area contributed by atoms with Crippen LogP contribution in [0.3, 0.4) is 0 Å². The lowest BCUT2D eigenvalue weighted by Crippen LogP contribution is -2.51. The molecule has 1 saturated heterocycles. The van der Waals surface area contributed by atoms with Crippen LogP contribution in [0.25, 0.3) is 0 Å².